The summed E-state index contributed by atoms with van der Waals surface area (Å²) < 4.78 is 0. The molecular formula is C16H26N2. The van der Waals surface area contributed by atoms with Gasteiger partial charge in [-0.05, 0) is 23.8 Å². The Morgan fingerprint density at radius 3 is 2.33 bits per heavy atom. The van der Waals surface area contributed by atoms with Crippen molar-refractivity contribution in [3.8, 4) is 0 Å². The lowest BCUT2D eigenvalue weighted by atomic mass is 9.90. The second-order valence-corrected chi connectivity index (χ2v) is 6.01. The van der Waals surface area contributed by atoms with Gasteiger partial charge in [-0.2, -0.15) is 0 Å². The summed E-state index contributed by atoms with van der Waals surface area (Å²) in [5.41, 5.74) is 7.35. The molecule has 0 saturated carbocycles. The molecular weight excluding hydrogens is 220 g/mol. The summed E-state index contributed by atoms with van der Waals surface area (Å²) in [6.07, 6.45) is 1.37. The molecule has 3 unspecified atom stereocenters. The zero-order valence-corrected chi connectivity index (χ0v) is 11.7. The van der Waals surface area contributed by atoms with Gasteiger partial charge < -0.3 is 10.6 Å². The first-order valence-corrected chi connectivity index (χ1v) is 7.16. The highest BCUT2D eigenvalue weighted by Gasteiger charge is 2.23. The van der Waals surface area contributed by atoms with Gasteiger partial charge in [0.25, 0.3) is 0 Å². The summed E-state index contributed by atoms with van der Waals surface area (Å²) in [6, 6.07) is 10.7. The summed E-state index contributed by atoms with van der Waals surface area (Å²) in [7, 11) is 0. The number of hydrogen-bond donors (Lipinski definition) is 1. The van der Waals surface area contributed by atoms with Crippen molar-refractivity contribution < 1.29 is 0 Å². The maximum absolute atomic E-state index is 5.96. The smallest absolute Gasteiger partial charge is 0.00888 e. The van der Waals surface area contributed by atoms with Crippen LogP contribution in [0, 0.1) is 11.8 Å². The second kappa shape index (κ2) is 6.35. The molecule has 1 saturated heterocycles. The summed E-state index contributed by atoms with van der Waals surface area (Å²) in [4.78, 5) is 2.60. The van der Waals surface area contributed by atoms with Gasteiger partial charge in [0.1, 0.15) is 0 Å². The molecule has 3 atom stereocenters. The van der Waals surface area contributed by atoms with Gasteiger partial charge in [-0.15, -0.1) is 0 Å². The van der Waals surface area contributed by atoms with Crippen LogP contribution in [0.15, 0.2) is 30.3 Å². The van der Waals surface area contributed by atoms with Crippen molar-refractivity contribution >= 4 is 0 Å². The maximum Gasteiger partial charge on any atom is 0.00888 e. The minimum atomic E-state index is 0.476. The SMILES string of the molecule is CC1CC(C)CN(CC(CN)c2ccccc2)C1. The van der Waals surface area contributed by atoms with E-state index >= 15 is 0 Å². The molecule has 1 fully saturated rings. The average Bonchev–Trinajstić information content (AvgIpc) is 2.36. The Balaban J connectivity index is 1.98. The van der Waals surface area contributed by atoms with Crippen LogP contribution < -0.4 is 5.73 Å². The molecule has 1 aromatic carbocycles. The number of likely N-dealkylation sites (tertiary alicyclic amines) is 1. The first kappa shape index (κ1) is 13.6. The number of hydrogen-bond acceptors (Lipinski definition) is 2. The fourth-order valence-corrected chi connectivity index (χ4v) is 3.29. The van der Waals surface area contributed by atoms with Crippen LogP contribution in [0.5, 0.6) is 0 Å². The fourth-order valence-electron chi connectivity index (χ4n) is 3.29. The van der Waals surface area contributed by atoms with Crippen molar-refractivity contribution in [1.82, 2.24) is 4.90 Å². The molecule has 0 bridgehead atoms. The van der Waals surface area contributed by atoms with Crippen LogP contribution >= 0.6 is 0 Å². The van der Waals surface area contributed by atoms with E-state index in [1.54, 1.807) is 0 Å². The molecule has 1 aliphatic heterocycles. The third-order valence-corrected chi connectivity index (χ3v) is 3.98. The van der Waals surface area contributed by atoms with Crippen molar-refractivity contribution in [2.75, 3.05) is 26.2 Å². The number of benzene rings is 1. The van der Waals surface area contributed by atoms with Crippen molar-refractivity contribution in [2.45, 2.75) is 26.2 Å². The molecule has 0 aliphatic carbocycles. The number of rotatable bonds is 4. The van der Waals surface area contributed by atoms with Crippen molar-refractivity contribution in [3.63, 3.8) is 0 Å². The third-order valence-electron chi connectivity index (χ3n) is 3.98. The molecule has 2 heteroatoms. The highest BCUT2D eigenvalue weighted by molar-refractivity contribution is 5.20. The lowest BCUT2D eigenvalue weighted by molar-refractivity contribution is 0.134. The summed E-state index contributed by atoms with van der Waals surface area (Å²) in [5, 5.41) is 0. The zero-order valence-electron chi connectivity index (χ0n) is 11.7. The molecule has 18 heavy (non-hydrogen) atoms. The van der Waals surface area contributed by atoms with Crippen LogP contribution in [0.2, 0.25) is 0 Å². The fraction of sp³-hybridized carbons (Fsp3) is 0.625. The summed E-state index contributed by atoms with van der Waals surface area (Å²) in [5.74, 6) is 2.12. The Bertz CT molecular complexity index is 339. The van der Waals surface area contributed by atoms with Crippen LogP contribution in [0.1, 0.15) is 31.7 Å². The van der Waals surface area contributed by atoms with E-state index in [0.29, 0.717) is 5.92 Å². The Kier molecular flexibility index (Phi) is 4.79. The lowest BCUT2D eigenvalue weighted by Gasteiger charge is -2.37. The molecule has 0 radical (unpaired) electrons. The highest BCUT2D eigenvalue weighted by atomic mass is 15.1. The van der Waals surface area contributed by atoms with E-state index in [4.69, 9.17) is 5.73 Å². The van der Waals surface area contributed by atoms with E-state index in [9.17, 15) is 0 Å². The Hall–Kier alpha value is -0.860. The molecule has 1 heterocycles. The quantitative estimate of drug-likeness (QED) is 0.885. The van der Waals surface area contributed by atoms with Crippen LogP contribution in [0.3, 0.4) is 0 Å². The molecule has 2 rings (SSSR count). The zero-order chi connectivity index (χ0) is 13.0. The van der Waals surface area contributed by atoms with Gasteiger partial charge in [0.15, 0.2) is 0 Å². The topological polar surface area (TPSA) is 29.3 Å². The Morgan fingerprint density at radius 1 is 1.17 bits per heavy atom. The van der Waals surface area contributed by atoms with Gasteiger partial charge in [-0.1, -0.05) is 44.2 Å². The first-order chi connectivity index (χ1) is 8.69. The van der Waals surface area contributed by atoms with Gasteiger partial charge in [0, 0.05) is 32.1 Å². The number of nitrogens with zero attached hydrogens (tertiary/aromatic N) is 1. The third kappa shape index (κ3) is 3.56. The van der Waals surface area contributed by atoms with Gasteiger partial charge in [0.05, 0.1) is 0 Å². The van der Waals surface area contributed by atoms with E-state index in [-0.39, 0.29) is 0 Å². The van der Waals surface area contributed by atoms with E-state index in [0.717, 1.165) is 24.9 Å². The second-order valence-electron chi connectivity index (χ2n) is 6.01. The Morgan fingerprint density at radius 2 is 1.78 bits per heavy atom. The average molecular weight is 246 g/mol. The molecule has 1 aromatic rings. The van der Waals surface area contributed by atoms with Crippen LogP contribution in [-0.2, 0) is 0 Å². The molecule has 0 amide bonds. The standard InChI is InChI=1S/C16H26N2/c1-13-8-14(2)11-18(10-13)12-16(9-17)15-6-4-3-5-7-15/h3-7,13-14,16H,8-12,17H2,1-2H3. The Labute approximate surface area is 111 Å². The molecule has 0 spiro atoms. The molecule has 1 aliphatic rings. The van der Waals surface area contributed by atoms with Crippen molar-refractivity contribution in [3.05, 3.63) is 35.9 Å². The maximum atomic E-state index is 5.96. The van der Waals surface area contributed by atoms with Crippen molar-refractivity contribution in [2.24, 2.45) is 17.6 Å². The predicted octanol–water partition coefficient (Wildman–Crippen LogP) is 2.71. The van der Waals surface area contributed by atoms with Gasteiger partial charge in [-0.3, -0.25) is 0 Å². The number of nitrogens with two attached hydrogens (primary N) is 1. The minimum Gasteiger partial charge on any atom is -0.330 e. The van der Waals surface area contributed by atoms with E-state index in [1.165, 1.54) is 25.1 Å². The molecule has 0 aromatic heterocycles. The molecule has 100 valence electrons. The van der Waals surface area contributed by atoms with E-state index in [1.807, 2.05) is 0 Å². The number of piperidine rings is 1. The first-order valence-electron chi connectivity index (χ1n) is 7.16. The van der Waals surface area contributed by atoms with E-state index in [2.05, 4.69) is 49.1 Å². The summed E-state index contributed by atoms with van der Waals surface area (Å²) in [6.45, 7) is 9.03. The van der Waals surface area contributed by atoms with Crippen LogP contribution in [0.25, 0.3) is 0 Å². The van der Waals surface area contributed by atoms with Gasteiger partial charge >= 0.3 is 0 Å². The van der Waals surface area contributed by atoms with E-state index < -0.39 is 0 Å². The van der Waals surface area contributed by atoms with Gasteiger partial charge in [-0.25, -0.2) is 0 Å². The van der Waals surface area contributed by atoms with Crippen LogP contribution in [0.4, 0.5) is 0 Å². The lowest BCUT2D eigenvalue weighted by Crippen LogP contribution is -2.41. The normalized spacial score (nSPS) is 27.1. The highest BCUT2D eigenvalue weighted by Crippen LogP contribution is 2.24. The van der Waals surface area contributed by atoms with Crippen LogP contribution in [-0.4, -0.2) is 31.1 Å². The predicted molar refractivity (Wildman–Crippen MR) is 77.6 cm³/mol. The largest absolute Gasteiger partial charge is 0.330 e. The summed E-state index contributed by atoms with van der Waals surface area (Å²) >= 11 is 0. The van der Waals surface area contributed by atoms with Gasteiger partial charge in [0.2, 0.25) is 0 Å². The monoisotopic (exact) mass is 246 g/mol. The van der Waals surface area contributed by atoms with Crippen molar-refractivity contribution in [1.29, 1.82) is 0 Å². The minimum absolute atomic E-state index is 0.476. The molecule has 2 N–H and O–H groups in total. The molecule has 2 nitrogen and oxygen atoms in total.